The van der Waals surface area contributed by atoms with Gasteiger partial charge in [0, 0.05) is 44.2 Å². The van der Waals surface area contributed by atoms with Crippen LogP contribution in [0, 0.1) is 0 Å². The van der Waals surface area contributed by atoms with E-state index in [-0.39, 0.29) is 5.91 Å². The molecule has 0 spiro atoms. The molecule has 0 saturated heterocycles. The van der Waals surface area contributed by atoms with E-state index in [0.717, 1.165) is 21.5 Å². The fourth-order valence-corrected chi connectivity index (χ4v) is 3.45. The first-order valence-electron chi connectivity index (χ1n) is 6.60. The third kappa shape index (κ3) is 2.80. The van der Waals surface area contributed by atoms with Gasteiger partial charge < -0.3 is 4.90 Å². The van der Waals surface area contributed by atoms with Gasteiger partial charge in [-0.25, -0.2) is 0 Å². The van der Waals surface area contributed by atoms with Gasteiger partial charge in [-0.1, -0.05) is 15.9 Å². The molecular formula is C16H14BrNO2S. The number of halogens is 1. The van der Waals surface area contributed by atoms with Gasteiger partial charge in [-0.05, 0) is 54.4 Å². The highest BCUT2D eigenvalue weighted by Gasteiger charge is 2.25. The molecule has 1 atom stereocenters. The summed E-state index contributed by atoms with van der Waals surface area (Å²) in [4.78, 5) is 15.2. The van der Waals surface area contributed by atoms with Gasteiger partial charge in [0.2, 0.25) is 0 Å². The van der Waals surface area contributed by atoms with E-state index >= 15 is 0 Å². The van der Waals surface area contributed by atoms with Gasteiger partial charge in [0.25, 0.3) is 5.91 Å². The minimum absolute atomic E-state index is 0.00971. The van der Waals surface area contributed by atoms with Crippen molar-refractivity contribution in [3.05, 3.63) is 58.1 Å². The van der Waals surface area contributed by atoms with Crippen LogP contribution >= 0.6 is 15.9 Å². The van der Waals surface area contributed by atoms with Gasteiger partial charge in [-0.2, -0.15) is 0 Å². The second kappa shape index (κ2) is 5.73. The number of fused-ring (bicyclic) bond motifs is 1. The summed E-state index contributed by atoms with van der Waals surface area (Å²) in [5.41, 5.74) is 2.79. The quantitative estimate of drug-likeness (QED) is 0.819. The van der Waals surface area contributed by atoms with E-state index in [4.69, 9.17) is 0 Å². The van der Waals surface area contributed by atoms with Gasteiger partial charge >= 0.3 is 0 Å². The molecule has 0 N–H and O–H groups in total. The van der Waals surface area contributed by atoms with E-state index in [1.54, 1.807) is 35.4 Å². The molecule has 1 aliphatic rings. The molecule has 1 aliphatic heterocycles. The molecule has 1 unspecified atom stereocenters. The molecule has 0 fully saturated rings. The number of carbonyl (C=O) groups excluding carboxylic acids is 1. The molecule has 3 nitrogen and oxygen atoms in total. The Kier molecular flexibility index (Phi) is 3.95. The zero-order chi connectivity index (χ0) is 15.0. The Morgan fingerprint density at radius 1 is 1.19 bits per heavy atom. The highest BCUT2D eigenvalue weighted by molar-refractivity contribution is 9.10. The molecular weight excluding hydrogens is 350 g/mol. The summed E-state index contributed by atoms with van der Waals surface area (Å²) < 4.78 is 12.4. The molecule has 0 saturated carbocycles. The average Bonchev–Trinajstić information content (AvgIpc) is 2.89. The van der Waals surface area contributed by atoms with Crippen molar-refractivity contribution in [1.29, 1.82) is 0 Å². The smallest absolute Gasteiger partial charge is 0.258 e. The Morgan fingerprint density at radius 2 is 1.90 bits per heavy atom. The lowest BCUT2D eigenvalue weighted by Crippen LogP contribution is -2.28. The Hall–Kier alpha value is -1.46. The standard InChI is InChI=1S/C16H14BrNO2S/c1-21(20)14-5-2-11(3-6-14)16(19)18-9-8-12-10-13(17)4-7-15(12)18/h2-7,10H,8-9H2,1H3. The first-order valence-corrected chi connectivity index (χ1v) is 8.95. The van der Waals surface area contributed by atoms with Crippen molar-refractivity contribution < 1.29 is 9.00 Å². The van der Waals surface area contributed by atoms with Crippen LogP contribution in [0.1, 0.15) is 15.9 Å². The number of amides is 1. The minimum atomic E-state index is -1.02. The molecule has 2 aromatic carbocycles. The lowest BCUT2D eigenvalue weighted by molar-refractivity contribution is 0.0989. The first-order chi connectivity index (χ1) is 10.1. The molecule has 2 aromatic rings. The molecule has 0 bridgehead atoms. The number of hydrogen-bond acceptors (Lipinski definition) is 2. The molecule has 0 aliphatic carbocycles. The van der Waals surface area contributed by atoms with Crippen LogP contribution in [0.4, 0.5) is 5.69 Å². The molecule has 3 rings (SSSR count). The molecule has 0 radical (unpaired) electrons. The highest BCUT2D eigenvalue weighted by Crippen LogP contribution is 2.31. The largest absolute Gasteiger partial charge is 0.308 e. The maximum absolute atomic E-state index is 12.6. The van der Waals surface area contributed by atoms with E-state index in [9.17, 15) is 9.00 Å². The fraction of sp³-hybridized carbons (Fsp3) is 0.188. The van der Waals surface area contributed by atoms with Crippen molar-refractivity contribution in [2.45, 2.75) is 11.3 Å². The summed E-state index contributed by atoms with van der Waals surface area (Å²) in [7, 11) is -1.02. The number of anilines is 1. The summed E-state index contributed by atoms with van der Waals surface area (Å²) in [5, 5.41) is 0. The Bertz CT molecular complexity index is 728. The Morgan fingerprint density at radius 3 is 2.57 bits per heavy atom. The van der Waals surface area contributed by atoms with Gasteiger partial charge in [0.05, 0.1) is 0 Å². The van der Waals surface area contributed by atoms with Crippen LogP contribution in [0.15, 0.2) is 51.8 Å². The predicted octanol–water partition coefficient (Wildman–Crippen LogP) is 3.39. The zero-order valence-electron chi connectivity index (χ0n) is 11.5. The van der Waals surface area contributed by atoms with Crippen LogP contribution in [-0.4, -0.2) is 22.9 Å². The second-order valence-electron chi connectivity index (χ2n) is 4.96. The third-order valence-corrected chi connectivity index (χ3v) is 5.04. The van der Waals surface area contributed by atoms with E-state index < -0.39 is 10.8 Å². The molecule has 0 aromatic heterocycles. The molecule has 1 amide bonds. The van der Waals surface area contributed by atoms with Crippen molar-refractivity contribution in [2.24, 2.45) is 0 Å². The van der Waals surface area contributed by atoms with Gasteiger partial charge in [0.15, 0.2) is 0 Å². The normalized spacial score (nSPS) is 14.9. The predicted molar refractivity (Wildman–Crippen MR) is 88.3 cm³/mol. The van der Waals surface area contributed by atoms with E-state index in [0.29, 0.717) is 12.1 Å². The first kappa shape index (κ1) is 14.5. The monoisotopic (exact) mass is 363 g/mol. The van der Waals surface area contributed by atoms with E-state index in [1.165, 1.54) is 5.56 Å². The summed E-state index contributed by atoms with van der Waals surface area (Å²) >= 11 is 3.46. The van der Waals surface area contributed by atoms with Crippen molar-refractivity contribution in [2.75, 3.05) is 17.7 Å². The van der Waals surface area contributed by atoms with Crippen LogP contribution in [0.2, 0.25) is 0 Å². The SMILES string of the molecule is CS(=O)c1ccc(C(=O)N2CCc3cc(Br)ccc32)cc1. The van der Waals surface area contributed by atoms with Crippen LogP contribution in [0.3, 0.4) is 0 Å². The third-order valence-electron chi connectivity index (χ3n) is 3.62. The number of rotatable bonds is 2. The van der Waals surface area contributed by atoms with Crippen LogP contribution in [0.25, 0.3) is 0 Å². The maximum Gasteiger partial charge on any atom is 0.258 e. The maximum atomic E-state index is 12.6. The van der Waals surface area contributed by atoms with Crippen LogP contribution in [-0.2, 0) is 17.2 Å². The Labute approximate surface area is 134 Å². The summed E-state index contributed by atoms with van der Waals surface area (Å²) in [5.74, 6) is -0.00971. The van der Waals surface area contributed by atoms with Gasteiger partial charge in [-0.15, -0.1) is 0 Å². The second-order valence-corrected chi connectivity index (χ2v) is 7.25. The molecule has 1 heterocycles. The fourth-order valence-electron chi connectivity index (χ4n) is 2.53. The molecule has 5 heteroatoms. The van der Waals surface area contributed by atoms with E-state index in [2.05, 4.69) is 22.0 Å². The summed E-state index contributed by atoms with van der Waals surface area (Å²) in [6, 6.07) is 13.0. The topological polar surface area (TPSA) is 37.4 Å². The number of hydrogen-bond donors (Lipinski definition) is 0. The van der Waals surface area contributed by atoms with Crippen molar-refractivity contribution in [3.8, 4) is 0 Å². The van der Waals surface area contributed by atoms with Gasteiger partial charge in [0.1, 0.15) is 0 Å². The lowest BCUT2D eigenvalue weighted by atomic mass is 10.1. The number of benzene rings is 2. The number of carbonyl (C=O) groups is 1. The van der Waals surface area contributed by atoms with E-state index in [1.807, 2.05) is 12.1 Å². The van der Waals surface area contributed by atoms with Crippen LogP contribution < -0.4 is 4.90 Å². The molecule has 108 valence electrons. The van der Waals surface area contributed by atoms with Crippen molar-refractivity contribution in [3.63, 3.8) is 0 Å². The minimum Gasteiger partial charge on any atom is -0.308 e. The van der Waals surface area contributed by atoms with Crippen molar-refractivity contribution in [1.82, 2.24) is 0 Å². The van der Waals surface area contributed by atoms with Crippen molar-refractivity contribution >= 4 is 38.3 Å². The Balaban J connectivity index is 1.89. The summed E-state index contributed by atoms with van der Waals surface area (Å²) in [6.45, 7) is 0.700. The van der Waals surface area contributed by atoms with Crippen LogP contribution in [0.5, 0.6) is 0 Å². The number of nitrogens with zero attached hydrogens (tertiary/aromatic N) is 1. The summed E-state index contributed by atoms with van der Waals surface area (Å²) in [6.07, 6.45) is 2.50. The van der Waals surface area contributed by atoms with Gasteiger partial charge in [-0.3, -0.25) is 9.00 Å². The average molecular weight is 364 g/mol. The molecule has 21 heavy (non-hydrogen) atoms. The lowest BCUT2D eigenvalue weighted by Gasteiger charge is -2.17. The highest BCUT2D eigenvalue weighted by atomic mass is 79.9. The zero-order valence-corrected chi connectivity index (χ0v) is 13.9.